The fourth-order valence-electron chi connectivity index (χ4n) is 2.00. The molecule has 17 heavy (non-hydrogen) atoms. The molecule has 1 rings (SSSR count). The standard InChI is InChI=1S/C14H22ClNO/c1-4-6-12(7-5-2)16-13-10-11(15)8-9-14(13)17-3/h8-10,12,16H,4-7H2,1-3H3. The molecule has 1 N–H and O–H groups in total. The first-order valence-corrected chi connectivity index (χ1v) is 6.69. The van der Waals surface area contributed by atoms with Gasteiger partial charge in [0.25, 0.3) is 0 Å². The first kappa shape index (κ1) is 14.2. The SMILES string of the molecule is CCCC(CCC)Nc1cc(Cl)ccc1OC. The predicted molar refractivity (Wildman–Crippen MR) is 75.2 cm³/mol. The number of halogens is 1. The van der Waals surface area contributed by atoms with E-state index in [4.69, 9.17) is 16.3 Å². The van der Waals surface area contributed by atoms with Crippen LogP contribution in [0.25, 0.3) is 0 Å². The Bertz CT molecular complexity index is 335. The number of hydrogen-bond acceptors (Lipinski definition) is 2. The normalized spacial score (nSPS) is 10.6. The van der Waals surface area contributed by atoms with Crippen LogP contribution in [-0.4, -0.2) is 13.2 Å². The summed E-state index contributed by atoms with van der Waals surface area (Å²) in [4.78, 5) is 0. The van der Waals surface area contributed by atoms with Crippen molar-refractivity contribution in [3.05, 3.63) is 23.2 Å². The summed E-state index contributed by atoms with van der Waals surface area (Å²) in [6.07, 6.45) is 4.70. The van der Waals surface area contributed by atoms with E-state index in [0.717, 1.165) is 16.5 Å². The highest BCUT2D eigenvalue weighted by Crippen LogP contribution is 2.29. The van der Waals surface area contributed by atoms with Gasteiger partial charge in [-0.3, -0.25) is 0 Å². The molecule has 0 radical (unpaired) electrons. The van der Waals surface area contributed by atoms with Crippen molar-refractivity contribution in [1.82, 2.24) is 0 Å². The minimum Gasteiger partial charge on any atom is -0.495 e. The van der Waals surface area contributed by atoms with Gasteiger partial charge in [-0.15, -0.1) is 0 Å². The number of rotatable bonds is 7. The Morgan fingerprint density at radius 2 is 1.88 bits per heavy atom. The lowest BCUT2D eigenvalue weighted by atomic mass is 10.1. The molecule has 0 atom stereocenters. The molecule has 1 aromatic rings. The van der Waals surface area contributed by atoms with Crippen LogP contribution in [0.2, 0.25) is 5.02 Å². The summed E-state index contributed by atoms with van der Waals surface area (Å²) in [5.41, 5.74) is 0.993. The van der Waals surface area contributed by atoms with E-state index in [2.05, 4.69) is 19.2 Å². The summed E-state index contributed by atoms with van der Waals surface area (Å²) in [7, 11) is 1.68. The van der Waals surface area contributed by atoms with Crippen molar-refractivity contribution in [1.29, 1.82) is 0 Å². The fraction of sp³-hybridized carbons (Fsp3) is 0.571. The lowest BCUT2D eigenvalue weighted by Crippen LogP contribution is -2.19. The van der Waals surface area contributed by atoms with E-state index in [-0.39, 0.29) is 0 Å². The Labute approximate surface area is 109 Å². The molecule has 0 unspecified atom stereocenters. The van der Waals surface area contributed by atoms with Crippen LogP contribution in [0, 0.1) is 0 Å². The van der Waals surface area contributed by atoms with Gasteiger partial charge >= 0.3 is 0 Å². The molecule has 0 saturated heterocycles. The Balaban J connectivity index is 2.79. The minimum atomic E-state index is 0.498. The van der Waals surface area contributed by atoms with E-state index < -0.39 is 0 Å². The molecule has 3 heteroatoms. The zero-order valence-corrected chi connectivity index (χ0v) is 11.7. The quantitative estimate of drug-likeness (QED) is 0.761. The first-order chi connectivity index (χ1) is 8.21. The molecule has 0 heterocycles. The Hall–Kier alpha value is -0.890. The van der Waals surface area contributed by atoms with Crippen molar-refractivity contribution in [3.63, 3.8) is 0 Å². The second kappa shape index (κ2) is 7.44. The van der Waals surface area contributed by atoms with Crippen LogP contribution in [0.3, 0.4) is 0 Å². The molecular weight excluding hydrogens is 234 g/mol. The third-order valence-electron chi connectivity index (χ3n) is 2.80. The van der Waals surface area contributed by atoms with E-state index in [0.29, 0.717) is 6.04 Å². The summed E-state index contributed by atoms with van der Waals surface area (Å²) in [6.45, 7) is 4.42. The smallest absolute Gasteiger partial charge is 0.142 e. The predicted octanol–water partition coefficient (Wildman–Crippen LogP) is 4.73. The summed E-state index contributed by atoms with van der Waals surface area (Å²) in [5.74, 6) is 0.853. The van der Waals surface area contributed by atoms with Gasteiger partial charge in [0.1, 0.15) is 5.75 Å². The summed E-state index contributed by atoms with van der Waals surface area (Å²) in [6, 6.07) is 6.18. The number of ether oxygens (including phenoxy) is 1. The molecule has 96 valence electrons. The molecule has 0 fully saturated rings. The summed E-state index contributed by atoms with van der Waals surface area (Å²) >= 11 is 6.02. The molecule has 0 aliphatic carbocycles. The van der Waals surface area contributed by atoms with Crippen molar-refractivity contribution in [2.75, 3.05) is 12.4 Å². The lowest BCUT2D eigenvalue weighted by molar-refractivity contribution is 0.415. The zero-order valence-electron chi connectivity index (χ0n) is 10.9. The molecule has 0 spiro atoms. The maximum atomic E-state index is 6.02. The average Bonchev–Trinajstić information content (AvgIpc) is 2.30. The van der Waals surface area contributed by atoms with Gasteiger partial charge in [-0.25, -0.2) is 0 Å². The Kier molecular flexibility index (Phi) is 6.20. The highest BCUT2D eigenvalue weighted by atomic mass is 35.5. The number of nitrogens with one attached hydrogen (secondary N) is 1. The summed E-state index contributed by atoms with van der Waals surface area (Å²) < 4.78 is 5.34. The Morgan fingerprint density at radius 3 is 2.41 bits per heavy atom. The molecule has 0 bridgehead atoms. The van der Waals surface area contributed by atoms with Crippen LogP contribution >= 0.6 is 11.6 Å². The summed E-state index contributed by atoms with van der Waals surface area (Å²) in [5, 5.41) is 4.27. The number of hydrogen-bond donors (Lipinski definition) is 1. The van der Waals surface area contributed by atoms with Crippen molar-refractivity contribution in [2.24, 2.45) is 0 Å². The van der Waals surface area contributed by atoms with Crippen LogP contribution in [0.1, 0.15) is 39.5 Å². The van der Waals surface area contributed by atoms with Crippen LogP contribution in [0.5, 0.6) is 5.75 Å². The van der Waals surface area contributed by atoms with Crippen molar-refractivity contribution in [3.8, 4) is 5.75 Å². The molecule has 0 amide bonds. The van der Waals surface area contributed by atoms with Crippen molar-refractivity contribution < 1.29 is 4.74 Å². The van der Waals surface area contributed by atoms with Crippen LogP contribution in [0.15, 0.2) is 18.2 Å². The zero-order chi connectivity index (χ0) is 12.7. The maximum absolute atomic E-state index is 6.02. The van der Waals surface area contributed by atoms with E-state index in [1.165, 1.54) is 25.7 Å². The first-order valence-electron chi connectivity index (χ1n) is 6.31. The van der Waals surface area contributed by atoms with Gasteiger partial charge in [0.15, 0.2) is 0 Å². The van der Waals surface area contributed by atoms with E-state index in [1.807, 2.05) is 18.2 Å². The molecule has 2 nitrogen and oxygen atoms in total. The van der Waals surface area contributed by atoms with Gasteiger partial charge in [0, 0.05) is 11.1 Å². The van der Waals surface area contributed by atoms with Crippen LogP contribution in [-0.2, 0) is 0 Å². The van der Waals surface area contributed by atoms with Crippen LogP contribution < -0.4 is 10.1 Å². The van der Waals surface area contributed by atoms with Gasteiger partial charge in [-0.05, 0) is 31.0 Å². The lowest BCUT2D eigenvalue weighted by Gasteiger charge is -2.20. The van der Waals surface area contributed by atoms with E-state index in [1.54, 1.807) is 7.11 Å². The molecule has 0 saturated carbocycles. The highest BCUT2D eigenvalue weighted by molar-refractivity contribution is 6.30. The van der Waals surface area contributed by atoms with Crippen LogP contribution in [0.4, 0.5) is 5.69 Å². The fourth-order valence-corrected chi connectivity index (χ4v) is 2.17. The average molecular weight is 256 g/mol. The van der Waals surface area contributed by atoms with Crippen molar-refractivity contribution >= 4 is 17.3 Å². The van der Waals surface area contributed by atoms with Crippen molar-refractivity contribution in [2.45, 2.75) is 45.6 Å². The molecule has 0 aromatic heterocycles. The topological polar surface area (TPSA) is 21.3 Å². The number of benzene rings is 1. The number of methoxy groups -OCH3 is 1. The third-order valence-corrected chi connectivity index (χ3v) is 3.03. The molecule has 1 aromatic carbocycles. The monoisotopic (exact) mass is 255 g/mol. The van der Waals surface area contributed by atoms with Gasteiger partial charge in [0.2, 0.25) is 0 Å². The largest absolute Gasteiger partial charge is 0.495 e. The molecule has 0 aliphatic heterocycles. The second-order valence-electron chi connectivity index (χ2n) is 4.26. The van der Waals surface area contributed by atoms with Gasteiger partial charge < -0.3 is 10.1 Å². The molecular formula is C14H22ClNO. The second-order valence-corrected chi connectivity index (χ2v) is 4.70. The number of anilines is 1. The van der Waals surface area contributed by atoms with Gasteiger partial charge in [0.05, 0.1) is 12.8 Å². The van der Waals surface area contributed by atoms with E-state index >= 15 is 0 Å². The molecule has 0 aliphatic rings. The minimum absolute atomic E-state index is 0.498. The maximum Gasteiger partial charge on any atom is 0.142 e. The Morgan fingerprint density at radius 1 is 1.24 bits per heavy atom. The van der Waals surface area contributed by atoms with E-state index in [9.17, 15) is 0 Å². The highest BCUT2D eigenvalue weighted by Gasteiger charge is 2.10. The van der Waals surface area contributed by atoms with Gasteiger partial charge in [-0.1, -0.05) is 38.3 Å². The van der Waals surface area contributed by atoms with Gasteiger partial charge in [-0.2, -0.15) is 0 Å². The third kappa shape index (κ3) is 4.47.